The second-order valence-electron chi connectivity index (χ2n) is 8.12. The van der Waals surface area contributed by atoms with E-state index in [-0.39, 0.29) is 17.7 Å². The number of carbonyl (C=O) groups is 2. The second-order valence-corrected chi connectivity index (χ2v) is 8.53. The zero-order chi connectivity index (χ0) is 22.9. The summed E-state index contributed by atoms with van der Waals surface area (Å²) in [4.78, 5) is 28.4. The van der Waals surface area contributed by atoms with Gasteiger partial charge in [-0.3, -0.25) is 9.59 Å². The maximum absolute atomic E-state index is 13.4. The Balaban J connectivity index is 1.89. The molecule has 3 rings (SSSR count). The molecule has 0 spiro atoms. The normalized spacial score (nSPS) is 11.8. The predicted molar refractivity (Wildman–Crippen MR) is 129 cm³/mol. The first-order chi connectivity index (χ1) is 15.5. The van der Waals surface area contributed by atoms with Gasteiger partial charge in [0.1, 0.15) is 6.04 Å². The van der Waals surface area contributed by atoms with Crippen LogP contribution >= 0.6 is 11.6 Å². The molecule has 3 aromatic rings. The molecule has 1 atom stereocenters. The number of rotatable bonds is 9. The van der Waals surface area contributed by atoms with Crippen molar-refractivity contribution in [3.63, 3.8) is 0 Å². The maximum atomic E-state index is 13.4. The Labute approximate surface area is 195 Å². The molecule has 0 aliphatic carbocycles. The molecule has 0 saturated heterocycles. The van der Waals surface area contributed by atoms with Crippen LogP contribution in [0.3, 0.4) is 0 Å². The van der Waals surface area contributed by atoms with Crippen molar-refractivity contribution in [1.82, 2.24) is 10.2 Å². The molecule has 0 aromatic heterocycles. The molecule has 1 unspecified atom stereocenters. The Morgan fingerprint density at radius 2 is 1.41 bits per heavy atom. The van der Waals surface area contributed by atoms with Crippen molar-refractivity contribution < 1.29 is 9.59 Å². The number of amides is 2. The lowest BCUT2D eigenvalue weighted by Crippen LogP contribution is -2.51. The standard InChI is InChI=1S/C27H29ClN2O2/c1-20(2)27(32)30(19-22-13-7-4-8-14-22)25(17-21-11-5-3-6-12-21)26(31)29-18-23-15-9-10-16-24(23)28/h3-16,20,25H,17-19H2,1-2H3,(H,29,31). The summed E-state index contributed by atoms with van der Waals surface area (Å²) in [6.45, 7) is 4.40. The average molecular weight is 449 g/mol. The fourth-order valence-electron chi connectivity index (χ4n) is 3.58. The van der Waals surface area contributed by atoms with E-state index in [9.17, 15) is 9.59 Å². The van der Waals surface area contributed by atoms with E-state index in [0.717, 1.165) is 16.7 Å². The van der Waals surface area contributed by atoms with Crippen LogP contribution < -0.4 is 5.32 Å². The monoisotopic (exact) mass is 448 g/mol. The van der Waals surface area contributed by atoms with Gasteiger partial charge >= 0.3 is 0 Å². The molecule has 4 nitrogen and oxygen atoms in total. The number of benzene rings is 3. The highest BCUT2D eigenvalue weighted by atomic mass is 35.5. The summed E-state index contributed by atoms with van der Waals surface area (Å²) in [6, 6.07) is 26.3. The van der Waals surface area contributed by atoms with E-state index in [1.165, 1.54) is 0 Å². The first-order valence-corrected chi connectivity index (χ1v) is 11.2. The summed E-state index contributed by atoms with van der Waals surface area (Å²) < 4.78 is 0. The Kier molecular flexibility index (Phi) is 8.46. The molecule has 0 saturated carbocycles. The van der Waals surface area contributed by atoms with Crippen LogP contribution in [0.1, 0.15) is 30.5 Å². The highest BCUT2D eigenvalue weighted by Gasteiger charge is 2.31. The number of nitrogens with zero attached hydrogens (tertiary/aromatic N) is 1. The van der Waals surface area contributed by atoms with Gasteiger partial charge in [-0.05, 0) is 22.8 Å². The van der Waals surface area contributed by atoms with Crippen molar-refractivity contribution in [2.45, 2.75) is 39.4 Å². The van der Waals surface area contributed by atoms with E-state index in [0.29, 0.717) is 24.5 Å². The number of nitrogens with one attached hydrogen (secondary N) is 1. The summed E-state index contributed by atoms with van der Waals surface area (Å²) in [6.07, 6.45) is 0.431. The van der Waals surface area contributed by atoms with Crippen LogP contribution in [0.15, 0.2) is 84.9 Å². The Morgan fingerprint density at radius 1 is 0.844 bits per heavy atom. The van der Waals surface area contributed by atoms with Gasteiger partial charge in [-0.1, -0.05) is 104 Å². The molecule has 1 N–H and O–H groups in total. The molecular weight excluding hydrogens is 420 g/mol. The van der Waals surface area contributed by atoms with Crippen LogP contribution in [0, 0.1) is 5.92 Å². The quantitative estimate of drug-likeness (QED) is 0.486. The predicted octanol–water partition coefficient (Wildman–Crippen LogP) is 5.25. The summed E-state index contributed by atoms with van der Waals surface area (Å²) in [7, 11) is 0. The van der Waals surface area contributed by atoms with E-state index in [4.69, 9.17) is 11.6 Å². The lowest BCUT2D eigenvalue weighted by molar-refractivity contribution is -0.143. The number of hydrogen-bond donors (Lipinski definition) is 1. The third kappa shape index (κ3) is 6.44. The van der Waals surface area contributed by atoms with Crippen molar-refractivity contribution in [2.75, 3.05) is 0 Å². The second kappa shape index (κ2) is 11.5. The van der Waals surface area contributed by atoms with E-state index < -0.39 is 6.04 Å². The largest absolute Gasteiger partial charge is 0.350 e. The van der Waals surface area contributed by atoms with Gasteiger partial charge in [-0.2, -0.15) is 0 Å². The highest BCUT2D eigenvalue weighted by Crippen LogP contribution is 2.18. The summed E-state index contributed by atoms with van der Waals surface area (Å²) in [5.41, 5.74) is 2.82. The number of halogens is 1. The zero-order valence-corrected chi connectivity index (χ0v) is 19.3. The van der Waals surface area contributed by atoms with Gasteiger partial charge in [-0.25, -0.2) is 0 Å². The van der Waals surface area contributed by atoms with E-state index in [1.54, 1.807) is 11.0 Å². The van der Waals surface area contributed by atoms with Crippen molar-refractivity contribution in [1.29, 1.82) is 0 Å². The van der Waals surface area contributed by atoms with Gasteiger partial charge in [0.25, 0.3) is 0 Å². The highest BCUT2D eigenvalue weighted by molar-refractivity contribution is 6.31. The van der Waals surface area contributed by atoms with Gasteiger partial charge in [-0.15, -0.1) is 0 Å². The van der Waals surface area contributed by atoms with Gasteiger partial charge in [0.15, 0.2) is 0 Å². The van der Waals surface area contributed by atoms with Crippen LogP contribution in [-0.4, -0.2) is 22.8 Å². The minimum atomic E-state index is -0.644. The first kappa shape index (κ1) is 23.6. The molecule has 3 aromatic carbocycles. The van der Waals surface area contributed by atoms with Crippen molar-refractivity contribution in [3.8, 4) is 0 Å². The van der Waals surface area contributed by atoms with Crippen molar-refractivity contribution >= 4 is 23.4 Å². The Hall–Kier alpha value is -3.11. The minimum Gasteiger partial charge on any atom is -0.350 e. The number of carbonyl (C=O) groups excluding carboxylic acids is 2. The zero-order valence-electron chi connectivity index (χ0n) is 18.5. The molecule has 0 aliphatic heterocycles. The topological polar surface area (TPSA) is 49.4 Å². The Bertz CT molecular complexity index is 1020. The lowest BCUT2D eigenvalue weighted by Gasteiger charge is -2.33. The summed E-state index contributed by atoms with van der Waals surface area (Å²) >= 11 is 6.26. The van der Waals surface area contributed by atoms with Crippen LogP contribution in [-0.2, 0) is 29.1 Å². The number of hydrogen-bond acceptors (Lipinski definition) is 2. The molecule has 0 bridgehead atoms. The third-order valence-electron chi connectivity index (χ3n) is 5.33. The summed E-state index contributed by atoms with van der Waals surface area (Å²) in [5.74, 6) is -0.477. The fourth-order valence-corrected chi connectivity index (χ4v) is 3.78. The molecular formula is C27H29ClN2O2. The molecule has 0 heterocycles. The van der Waals surface area contributed by atoms with Crippen LogP contribution in [0.4, 0.5) is 0 Å². The Morgan fingerprint density at radius 3 is 2.00 bits per heavy atom. The SMILES string of the molecule is CC(C)C(=O)N(Cc1ccccc1)C(Cc1ccccc1)C(=O)NCc1ccccc1Cl. The smallest absolute Gasteiger partial charge is 0.243 e. The lowest BCUT2D eigenvalue weighted by atomic mass is 10.0. The van der Waals surface area contributed by atoms with Gasteiger partial charge < -0.3 is 10.2 Å². The summed E-state index contributed by atoms with van der Waals surface area (Å²) in [5, 5.41) is 3.61. The third-order valence-corrected chi connectivity index (χ3v) is 5.70. The fraction of sp³-hybridized carbons (Fsp3) is 0.259. The molecule has 2 amide bonds. The average Bonchev–Trinajstić information content (AvgIpc) is 2.81. The molecule has 166 valence electrons. The van der Waals surface area contributed by atoms with Gasteiger partial charge in [0.2, 0.25) is 11.8 Å². The minimum absolute atomic E-state index is 0.0531. The van der Waals surface area contributed by atoms with Crippen LogP contribution in [0.2, 0.25) is 5.02 Å². The van der Waals surface area contributed by atoms with E-state index in [2.05, 4.69) is 5.32 Å². The van der Waals surface area contributed by atoms with Crippen molar-refractivity contribution in [3.05, 3.63) is 107 Å². The van der Waals surface area contributed by atoms with Crippen LogP contribution in [0.25, 0.3) is 0 Å². The van der Waals surface area contributed by atoms with E-state index in [1.807, 2.05) is 92.7 Å². The maximum Gasteiger partial charge on any atom is 0.243 e. The first-order valence-electron chi connectivity index (χ1n) is 10.8. The van der Waals surface area contributed by atoms with Gasteiger partial charge in [0.05, 0.1) is 0 Å². The molecule has 0 radical (unpaired) electrons. The van der Waals surface area contributed by atoms with Crippen molar-refractivity contribution in [2.24, 2.45) is 5.92 Å². The van der Waals surface area contributed by atoms with E-state index >= 15 is 0 Å². The molecule has 5 heteroatoms. The molecule has 0 aliphatic rings. The van der Waals surface area contributed by atoms with Gasteiger partial charge in [0, 0.05) is 30.5 Å². The van der Waals surface area contributed by atoms with Crippen LogP contribution in [0.5, 0.6) is 0 Å². The molecule has 32 heavy (non-hydrogen) atoms. The molecule has 0 fully saturated rings.